The Bertz CT molecular complexity index is 1070. The zero-order chi connectivity index (χ0) is 18.9. The average molecular weight is 383 g/mol. The second-order valence-electron chi connectivity index (χ2n) is 6.80. The minimum absolute atomic E-state index is 0.233. The molecule has 1 aliphatic heterocycles. The third-order valence-electron chi connectivity index (χ3n) is 5.08. The molecule has 1 fully saturated rings. The van der Waals surface area contributed by atoms with Crippen LogP contribution < -0.4 is 0 Å². The van der Waals surface area contributed by atoms with E-state index in [0.29, 0.717) is 29.7 Å². The molecule has 1 aromatic carbocycles. The quantitative estimate of drug-likeness (QED) is 0.698. The van der Waals surface area contributed by atoms with Crippen molar-refractivity contribution in [2.45, 2.75) is 30.6 Å². The number of aromatic nitrogens is 2. The minimum Gasteiger partial charge on any atom is -0.354 e. The fourth-order valence-corrected chi connectivity index (χ4v) is 5.19. The second kappa shape index (κ2) is 7.25. The van der Waals surface area contributed by atoms with Gasteiger partial charge in [-0.3, -0.25) is 9.78 Å². The molecule has 1 saturated heterocycles. The summed E-state index contributed by atoms with van der Waals surface area (Å²) >= 11 is 0. The predicted octanol–water partition coefficient (Wildman–Crippen LogP) is 3.61. The number of nitrogens with zero attached hydrogens (tertiary/aromatic N) is 2. The normalized spacial score (nSPS) is 16.3. The van der Waals surface area contributed by atoms with Gasteiger partial charge in [-0.15, -0.1) is 0 Å². The Morgan fingerprint density at radius 2 is 1.85 bits per heavy atom. The van der Waals surface area contributed by atoms with Gasteiger partial charge in [0.1, 0.15) is 0 Å². The molecule has 0 bridgehead atoms. The molecule has 7 heteroatoms. The SMILES string of the molecule is O=Cc1c(-c2cccnc2)[nH]c2ccc(S(=O)(=O)N3CCCCCC3)cc12. The minimum atomic E-state index is -3.57. The number of hydrogen-bond acceptors (Lipinski definition) is 4. The lowest BCUT2D eigenvalue weighted by Crippen LogP contribution is -2.31. The van der Waals surface area contributed by atoms with Crippen molar-refractivity contribution in [3.63, 3.8) is 0 Å². The summed E-state index contributed by atoms with van der Waals surface area (Å²) in [6.07, 6.45) is 8.00. The van der Waals surface area contributed by atoms with Crippen LogP contribution in [0.1, 0.15) is 36.0 Å². The molecule has 3 heterocycles. The van der Waals surface area contributed by atoms with Crippen molar-refractivity contribution in [1.82, 2.24) is 14.3 Å². The number of aldehydes is 1. The fraction of sp³-hybridized carbons (Fsp3) is 0.300. The molecular formula is C20H21N3O3S. The number of benzene rings is 1. The number of hydrogen-bond donors (Lipinski definition) is 1. The van der Waals surface area contributed by atoms with E-state index in [4.69, 9.17) is 0 Å². The monoisotopic (exact) mass is 383 g/mol. The van der Waals surface area contributed by atoms with Crippen LogP contribution in [0.25, 0.3) is 22.2 Å². The summed E-state index contributed by atoms with van der Waals surface area (Å²) in [6, 6.07) is 8.60. The Hall–Kier alpha value is -2.51. The number of fused-ring (bicyclic) bond motifs is 1. The van der Waals surface area contributed by atoms with Crippen molar-refractivity contribution < 1.29 is 13.2 Å². The number of sulfonamides is 1. The summed E-state index contributed by atoms with van der Waals surface area (Å²) in [6.45, 7) is 1.10. The van der Waals surface area contributed by atoms with Gasteiger partial charge in [0, 0.05) is 47.5 Å². The zero-order valence-electron chi connectivity index (χ0n) is 14.9. The standard InChI is InChI=1S/C20H21N3O3S/c24-14-18-17-12-16(27(25,26)23-10-3-1-2-4-11-23)7-8-19(17)22-20(18)15-6-5-9-21-13-15/h5-9,12-14,22H,1-4,10-11H2. The van der Waals surface area contributed by atoms with Crippen LogP contribution in [-0.2, 0) is 10.0 Å². The molecule has 27 heavy (non-hydrogen) atoms. The van der Waals surface area contributed by atoms with E-state index in [1.54, 1.807) is 41.0 Å². The van der Waals surface area contributed by atoms with Gasteiger partial charge in [-0.05, 0) is 43.2 Å². The first-order chi connectivity index (χ1) is 13.1. The predicted molar refractivity (Wildman–Crippen MR) is 104 cm³/mol. The van der Waals surface area contributed by atoms with Crippen LogP contribution in [0.4, 0.5) is 0 Å². The molecule has 1 N–H and O–H groups in total. The van der Waals surface area contributed by atoms with Crippen molar-refractivity contribution in [3.8, 4) is 11.3 Å². The molecule has 0 spiro atoms. The van der Waals surface area contributed by atoms with Gasteiger partial charge in [0.05, 0.1) is 10.6 Å². The molecule has 6 nitrogen and oxygen atoms in total. The number of pyridine rings is 1. The van der Waals surface area contributed by atoms with E-state index in [2.05, 4.69) is 9.97 Å². The highest BCUT2D eigenvalue weighted by Crippen LogP contribution is 2.31. The molecule has 3 aromatic rings. The van der Waals surface area contributed by atoms with Crippen LogP contribution in [-0.4, -0.2) is 42.1 Å². The largest absolute Gasteiger partial charge is 0.354 e. The zero-order valence-corrected chi connectivity index (χ0v) is 15.7. The Labute approximate surface area is 158 Å². The Balaban J connectivity index is 1.81. The molecule has 1 aliphatic rings. The maximum atomic E-state index is 13.1. The fourth-order valence-electron chi connectivity index (χ4n) is 3.64. The van der Waals surface area contributed by atoms with Gasteiger partial charge < -0.3 is 4.98 Å². The van der Waals surface area contributed by atoms with E-state index in [1.165, 1.54) is 0 Å². The van der Waals surface area contributed by atoms with E-state index in [-0.39, 0.29) is 4.90 Å². The van der Waals surface area contributed by atoms with Gasteiger partial charge in [-0.25, -0.2) is 8.42 Å². The Kier molecular flexibility index (Phi) is 4.80. The number of H-pyrrole nitrogens is 1. The molecule has 0 saturated carbocycles. The van der Waals surface area contributed by atoms with Crippen molar-refractivity contribution in [1.29, 1.82) is 0 Å². The molecule has 0 atom stereocenters. The highest BCUT2D eigenvalue weighted by Gasteiger charge is 2.26. The first kappa shape index (κ1) is 17.9. The summed E-state index contributed by atoms with van der Waals surface area (Å²) in [5.74, 6) is 0. The van der Waals surface area contributed by atoms with Gasteiger partial charge in [0.2, 0.25) is 10.0 Å². The maximum Gasteiger partial charge on any atom is 0.243 e. The summed E-state index contributed by atoms with van der Waals surface area (Å²) in [7, 11) is -3.57. The topological polar surface area (TPSA) is 83.1 Å². The molecular weight excluding hydrogens is 362 g/mol. The summed E-state index contributed by atoms with van der Waals surface area (Å²) in [5, 5.41) is 0.611. The van der Waals surface area contributed by atoms with E-state index >= 15 is 0 Å². The number of rotatable bonds is 4. The smallest absolute Gasteiger partial charge is 0.243 e. The molecule has 2 aromatic heterocycles. The van der Waals surface area contributed by atoms with E-state index < -0.39 is 10.0 Å². The lowest BCUT2D eigenvalue weighted by molar-refractivity contribution is 0.112. The van der Waals surface area contributed by atoms with Gasteiger partial charge in [-0.1, -0.05) is 12.8 Å². The third-order valence-corrected chi connectivity index (χ3v) is 6.98. The molecule has 0 radical (unpaired) electrons. The third kappa shape index (κ3) is 3.28. The number of aromatic amines is 1. The molecule has 0 amide bonds. The van der Waals surface area contributed by atoms with Crippen molar-refractivity contribution in [2.75, 3.05) is 13.1 Å². The average Bonchev–Trinajstić information content (AvgIpc) is 2.85. The van der Waals surface area contributed by atoms with Gasteiger partial charge in [0.25, 0.3) is 0 Å². The lowest BCUT2D eigenvalue weighted by atomic mass is 10.1. The van der Waals surface area contributed by atoms with Crippen LogP contribution in [0.2, 0.25) is 0 Å². The van der Waals surface area contributed by atoms with E-state index in [9.17, 15) is 13.2 Å². The first-order valence-electron chi connectivity index (χ1n) is 9.13. The lowest BCUT2D eigenvalue weighted by Gasteiger charge is -2.20. The number of nitrogens with one attached hydrogen (secondary N) is 1. The molecule has 0 aliphatic carbocycles. The molecule has 0 unspecified atom stereocenters. The maximum absolute atomic E-state index is 13.1. The Morgan fingerprint density at radius 1 is 1.07 bits per heavy atom. The van der Waals surface area contributed by atoms with Gasteiger partial charge in [-0.2, -0.15) is 4.31 Å². The van der Waals surface area contributed by atoms with Crippen molar-refractivity contribution in [2.24, 2.45) is 0 Å². The van der Waals surface area contributed by atoms with E-state index in [1.807, 2.05) is 6.07 Å². The summed E-state index contributed by atoms with van der Waals surface area (Å²) in [5.41, 5.74) is 2.61. The highest BCUT2D eigenvalue weighted by molar-refractivity contribution is 7.89. The van der Waals surface area contributed by atoms with Crippen LogP contribution in [0.3, 0.4) is 0 Å². The highest BCUT2D eigenvalue weighted by atomic mass is 32.2. The van der Waals surface area contributed by atoms with Crippen LogP contribution in [0.15, 0.2) is 47.6 Å². The van der Waals surface area contributed by atoms with E-state index in [0.717, 1.165) is 43.0 Å². The first-order valence-corrected chi connectivity index (χ1v) is 10.6. The van der Waals surface area contributed by atoms with Crippen LogP contribution >= 0.6 is 0 Å². The molecule has 4 rings (SSSR count). The summed E-state index contributed by atoms with van der Waals surface area (Å²) in [4.78, 5) is 19.3. The Morgan fingerprint density at radius 3 is 2.52 bits per heavy atom. The number of carbonyl (C=O) groups excluding carboxylic acids is 1. The van der Waals surface area contributed by atoms with Crippen LogP contribution in [0, 0.1) is 0 Å². The van der Waals surface area contributed by atoms with Crippen LogP contribution in [0.5, 0.6) is 0 Å². The van der Waals surface area contributed by atoms with Gasteiger partial charge >= 0.3 is 0 Å². The van der Waals surface area contributed by atoms with Crippen molar-refractivity contribution >= 4 is 27.2 Å². The second-order valence-corrected chi connectivity index (χ2v) is 8.74. The molecule has 140 valence electrons. The van der Waals surface area contributed by atoms with Crippen molar-refractivity contribution in [3.05, 3.63) is 48.3 Å². The summed E-state index contributed by atoms with van der Waals surface area (Å²) < 4.78 is 27.7. The number of carbonyl (C=O) groups is 1. The van der Waals surface area contributed by atoms with Gasteiger partial charge in [0.15, 0.2) is 6.29 Å².